The van der Waals surface area contributed by atoms with E-state index < -0.39 is 50.7 Å². The van der Waals surface area contributed by atoms with Gasteiger partial charge in [-0.05, 0) is 42.0 Å². The number of hydrogen-bond acceptors (Lipinski definition) is 5. The minimum atomic E-state index is -4.42. The largest absolute Gasteiger partial charge is 0.486 e. The number of carbonyl (C=O) groups is 1. The molecule has 3 aromatic rings. The van der Waals surface area contributed by atoms with Gasteiger partial charge in [0.25, 0.3) is 15.9 Å². The van der Waals surface area contributed by atoms with Gasteiger partial charge in [0, 0.05) is 12.5 Å². The first-order valence-corrected chi connectivity index (χ1v) is 12.8. The van der Waals surface area contributed by atoms with Crippen molar-refractivity contribution in [3.8, 4) is 11.5 Å². The van der Waals surface area contributed by atoms with Crippen LogP contribution in [0.5, 0.6) is 11.5 Å². The molecule has 0 unspecified atom stereocenters. The third-order valence-electron chi connectivity index (χ3n) is 5.59. The predicted octanol–water partition coefficient (Wildman–Crippen LogP) is 5.60. The maximum Gasteiger partial charge on any atom is 0.307 e. The number of para-hydroxylation sites is 1. The normalized spacial score (nSPS) is 15.6. The second-order valence-corrected chi connectivity index (χ2v) is 10.7. The molecule has 0 spiro atoms. The van der Waals surface area contributed by atoms with Gasteiger partial charge in [0.1, 0.15) is 18.5 Å². The van der Waals surface area contributed by atoms with E-state index >= 15 is 0 Å². The van der Waals surface area contributed by atoms with Gasteiger partial charge in [-0.3, -0.25) is 9.10 Å². The number of benzene rings is 3. The van der Waals surface area contributed by atoms with Crippen molar-refractivity contribution in [2.45, 2.75) is 36.9 Å². The number of fused-ring (bicyclic) bond motifs is 1. The van der Waals surface area contributed by atoms with Gasteiger partial charge in [-0.1, -0.05) is 35.9 Å². The number of hydrogen-bond donors (Lipinski definition) is 1. The van der Waals surface area contributed by atoms with E-state index in [1.54, 1.807) is 6.07 Å². The molecule has 4 rings (SSSR count). The standard InChI is InChI=1S/C25H21ClF3NO6S/c1-25(28,29)16-4-2-5-18(11-16)37(33,34)30-13-17(12-23(31)32)36-22-9-8-15(10-21(22)30)14-35-24-19(26)6-3-7-20(24)27/h2-11,17H,12-14H2,1H3,(H,31,32)/t17-/m0/s1. The Morgan fingerprint density at radius 1 is 1.19 bits per heavy atom. The molecule has 0 bridgehead atoms. The van der Waals surface area contributed by atoms with Crippen LogP contribution in [0.1, 0.15) is 24.5 Å². The fourth-order valence-corrected chi connectivity index (χ4v) is 5.57. The van der Waals surface area contributed by atoms with Crippen LogP contribution in [0.2, 0.25) is 5.02 Å². The summed E-state index contributed by atoms with van der Waals surface area (Å²) in [6, 6.07) is 12.8. The summed E-state index contributed by atoms with van der Waals surface area (Å²) in [7, 11) is -4.42. The Morgan fingerprint density at radius 2 is 1.92 bits per heavy atom. The zero-order valence-corrected chi connectivity index (χ0v) is 20.9. The van der Waals surface area contributed by atoms with E-state index in [1.807, 2.05) is 0 Å². The van der Waals surface area contributed by atoms with Gasteiger partial charge in [-0.15, -0.1) is 0 Å². The van der Waals surface area contributed by atoms with Crippen LogP contribution < -0.4 is 13.8 Å². The quantitative estimate of drug-likeness (QED) is 0.389. The molecule has 0 aliphatic carbocycles. The molecule has 0 saturated heterocycles. The van der Waals surface area contributed by atoms with Gasteiger partial charge >= 0.3 is 5.97 Å². The molecule has 3 aromatic carbocycles. The molecule has 1 N–H and O–H groups in total. The lowest BCUT2D eigenvalue weighted by molar-refractivity contribution is -0.138. The van der Waals surface area contributed by atoms with Gasteiger partial charge in [0.05, 0.1) is 28.6 Å². The fourth-order valence-electron chi connectivity index (χ4n) is 3.81. The first-order valence-electron chi connectivity index (χ1n) is 11.0. The zero-order valence-electron chi connectivity index (χ0n) is 19.3. The van der Waals surface area contributed by atoms with Crippen molar-refractivity contribution in [1.29, 1.82) is 0 Å². The molecule has 7 nitrogen and oxygen atoms in total. The van der Waals surface area contributed by atoms with Gasteiger partial charge in [-0.25, -0.2) is 21.6 Å². The van der Waals surface area contributed by atoms with E-state index in [0.29, 0.717) is 12.5 Å². The molecular weight excluding hydrogens is 535 g/mol. The summed E-state index contributed by atoms with van der Waals surface area (Å²) in [6.07, 6.45) is -1.52. The van der Waals surface area contributed by atoms with Gasteiger partial charge in [0.2, 0.25) is 0 Å². The fraction of sp³-hybridized carbons (Fsp3) is 0.240. The Morgan fingerprint density at radius 3 is 2.59 bits per heavy atom. The second-order valence-electron chi connectivity index (χ2n) is 8.43. The number of carboxylic acids is 1. The summed E-state index contributed by atoms with van der Waals surface area (Å²) in [6.45, 7) is 0.0928. The lowest BCUT2D eigenvalue weighted by Gasteiger charge is -2.35. The van der Waals surface area contributed by atoms with Crippen LogP contribution >= 0.6 is 11.6 Å². The molecule has 0 saturated carbocycles. The zero-order chi connectivity index (χ0) is 27.0. The molecule has 37 heavy (non-hydrogen) atoms. The summed E-state index contributed by atoms with van der Waals surface area (Å²) in [5.74, 6) is -5.27. The molecule has 0 aromatic heterocycles. The average molecular weight is 556 g/mol. The smallest absolute Gasteiger partial charge is 0.307 e. The Hall–Kier alpha value is -3.44. The first kappa shape index (κ1) is 26.6. The van der Waals surface area contributed by atoms with Crippen molar-refractivity contribution < 1.29 is 41.0 Å². The number of nitrogens with zero attached hydrogens (tertiary/aromatic N) is 1. The molecule has 0 fully saturated rings. The Balaban J connectivity index is 1.72. The molecule has 1 atom stereocenters. The van der Waals surface area contributed by atoms with Crippen molar-refractivity contribution in [3.05, 3.63) is 82.6 Å². The van der Waals surface area contributed by atoms with Gasteiger partial charge in [0.15, 0.2) is 11.6 Å². The van der Waals surface area contributed by atoms with Gasteiger partial charge < -0.3 is 14.6 Å². The van der Waals surface area contributed by atoms with Gasteiger partial charge in [-0.2, -0.15) is 0 Å². The maximum atomic E-state index is 14.1. The van der Waals surface area contributed by atoms with Crippen LogP contribution in [0.4, 0.5) is 18.9 Å². The van der Waals surface area contributed by atoms with Crippen molar-refractivity contribution in [2.24, 2.45) is 0 Å². The Labute approximate surface area is 216 Å². The minimum Gasteiger partial charge on any atom is -0.486 e. The van der Waals surface area contributed by atoms with Crippen molar-refractivity contribution in [1.82, 2.24) is 0 Å². The van der Waals surface area contributed by atoms with Crippen molar-refractivity contribution in [2.75, 3.05) is 10.8 Å². The lowest BCUT2D eigenvalue weighted by Crippen LogP contribution is -2.44. The third-order valence-corrected chi connectivity index (χ3v) is 7.66. The number of rotatable bonds is 8. The SMILES string of the molecule is CC(F)(F)c1cccc(S(=O)(=O)N2C[C@H](CC(=O)O)Oc3ccc(COc4c(F)cccc4Cl)cc32)c1. The lowest BCUT2D eigenvalue weighted by atomic mass is 10.1. The Kier molecular flexibility index (Phi) is 7.29. The van der Waals surface area contributed by atoms with Crippen LogP contribution in [0, 0.1) is 5.82 Å². The third kappa shape index (κ3) is 5.78. The molecule has 12 heteroatoms. The molecule has 1 heterocycles. The molecule has 0 amide bonds. The summed E-state index contributed by atoms with van der Waals surface area (Å²) >= 11 is 5.99. The number of carboxylic acid groups (broad SMARTS) is 1. The number of sulfonamides is 1. The van der Waals surface area contributed by atoms with Crippen molar-refractivity contribution in [3.63, 3.8) is 0 Å². The first-order chi connectivity index (χ1) is 17.4. The van der Waals surface area contributed by atoms with Crippen molar-refractivity contribution >= 4 is 33.3 Å². The van der Waals surface area contributed by atoms with Crippen LogP contribution in [-0.2, 0) is 27.3 Å². The average Bonchev–Trinajstić information content (AvgIpc) is 2.82. The van der Waals surface area contributed by atoms with E-state index in [9.17, 15) is 31.5 Å². The number of anilines is 1. The number of halogens is 4. The van der Waals surface area contributed by atoms with E-state index in [1.165, 1.54) is 42.5 Å². The molecule has 1 aliphatic heterocycles. The summed E-state index contributed by atoms with van der Waals surface area (Å²) in [5, 5.41) is 9.27. The van der Waals surface area contributed by atoms with Crippen LogP contribution in [-0.4, -0.2) is 32.1 Å². The highest BCUT2D eigenvalue weighted by molar-refractivity contribution is 7.92. The monoisotopic (exact) mass is 555 g/mol. The number of aliphatic carboxylic acids is 1. The Bertz CT molecular complexity index is 1420. The second kappa shape index (κ2) is 10.1. The molecular formula is C25H21ClF3NO6S. The highest BCUT2D eigenvalue weighted by atomic mass is 35.5. The maximum absolute atomic E-state index is 14.1. The van der Waals surface area contributed by atoms with E-state index in [0.717, 1.165) is 16.4 Å². The van der Waals surface area contributed by atoms with E-state index in [-0.39, 0.29) is 35.4 Å². The van der Waals surface area contributed by atoms with Crippen LogP contribution in [0.25, 0.3) is 0 Å². The van der Waals surface area contributed by atoms with Crippen LogP contribution in [0.3, 0.4) is 0 Å². The molecule has 196 valence electrons. The summed E-state index contributed by atoms with van der Waals surface area (Å²) in [4.78, 5) is 10.9. The molecule has 0 radical (unpaired) electrons. The highest BCUT2D eigenvalue weighted by Gasteiger charge is 2.36. The minimum absolute atomic E-state index is 0.0506. The topological polar surface area (TPSA) is 93.1 Å². The predicted molar refractivity (Wildman–Crippen MR) is 129 cm³/mol. The summed E-state index contributed by atoms with van der Waals surface area (Å²) in [5.41, 5.74) is -0.0171. The number of ether oxygens (including phenoxy) is 2. The van der Waals surface area contributed by atoms with E-state index in [2.05, 4.69) is 0 Å². The number of alkyl halides is 2. The highest BCUT2D eigenvalue weighted by Crippen LogP contribution is 2.39. The van der Waals surface area contributed by atoms with Crippen LogP contribution in [0.15, 0.2) is 65.6 Å². The molecule has 1 aliphatic rings. The summed E-state index contributed by atoms with van der Waals surface area (Å²) < 4.78 is 81.3. The van der Waals surface area contributed by atoms with E-state index in [4.69, 9.17) is 21.1 Å².